The summed E-state index contributed by atoms with van der Waals surface area (Å²) in [6, 6.07) is 10.1. The number of fused-ring (bicyclic) bond motifs is 1. The van der Waals surface area contributed by atoms with E-state index in [4.69, 9.17) is 10.7 Å². The minimum absolute atomic E-state index is 0.258. The molecule has 3 N–H and O–H groups in total. The van der Waals surface area contributed by atoms with Crippen molar-refractivity contribution in [1.29, 1.82) is 0 Å². The minimum Gasteiger partial charge on any atom is -0.384 e. The van der Waals surface area contributed by atoms with Crippen LogP contribution in [0.4, 0.5) is 10.2 Å². The Bertz CT molecular complexity index is 1320. The third-order valence-corrected chi connectivity index (χ3v) is 4.64. The Kier molecular flexibility index (Phi) is 4.02. The molecule has 1 aromatic carbocycles. The molecule has 7 nitrogen and oxygen atoms in total. The molecule has 29 heavy (non-hydrogen) atoms. The number of H-pyrrole nitrogens is 1. The molecular weight excluding hydrogens is 369 g/mol. The van der Waals surface area contributed by atoms with Gasteiger partial charge < -0.3 is 10.7 Å². The van der Waals surface area contributed by atoms with E-state index < -0.39 is 0 Å². The molecule has 142 valence electrons. The lowest BCUT2D eigenvalue weighted by atomic mass is 10.1. The normalized spacial score (nSPS) is 11.2. The molecule has 0 aliphatic rings. The van der Waals surface area contributed by atoms with Gasteiger partial charge in [0.05, 0.1) is 24.6 Å². The highest BCUT2D eigenvalue weighted by Crippen LogP contribution is 2.28. The second-order valence-electron chi connectivity index (χ2n) is 6.68. The molecule has 4 aromatic heterocycles. The molecule has 0 atom stereocenters. The quantitative estimate of drug-likeness (QED) is 0.492. The van der Waals surface area contributed by atoms with Crippen molar-refractivity contribution in [2.75, 3.05) is 5.73 Å². The van der Waals surface area contributed by atoms with Crippen LogP contribution in [-0.4, -0.2) is 29.7 Å². The lowest BCUT2D eigenvalue weighted by Gasteiger charge is -2.03. The number of hydrogen-bond acceptors (Lipinski definition) is 5. The number of aromatic amines is 1. The number of nitrogens with zero attached hydrogens (tertiary/aromatic N) is 5. The Labute approximate surface area is 165 Å². The Hall–Kier alpha value is -4.07. The van der Waals surface area contributed by atoms with E-state index in [0.29, 0.717) is 23.7 Å². The topological polar surface area (TPSA) is 98.3 Å². The standard InChI is InChI=1S/C21H16FN7/c22-16-3-1-2-13(6-16)11-29-12-15(8-27-29)17-9-25-21-20(17)28-18(10-26-21)14-4-5-24-19(23)7-14/h1-10,12H,11H2,(H2,23,24)(H,25,26). The first kappa shape index (κ1) is 17.1. The number of nitrogen functional groups attached to an aromatic ring is 1. The summed E-state index contributed by atoms with van der Waals surface area (Å²) in [6.07, 6.45) is 8.88. The van der Waals surface area contributed by atoms with Gasteiger partial charge in [0.25, 0.3) is 0 Å². The summed E-state index contributed by atoms with van der Waals surface area (Å²) >= 11 is 0. The highest BCUT2D eigenvalue weighted by molar-refractivity contribution is 5.91. The number of hydrogen-bond donors (Lipinski definition) is 2. The first-order chi connectivity index (χ1) is 14.2. The van der Waals surface area contributed by atoms with E-state index in [2.05, 4.69) is 20.1 Å². The summed E-state index contributed by atoms with van der Waals surface area (Å²) in [5.41, 5.74) is 11.4. The van der Waals surface area contributed by atoms with Gasteiger partial charge in [-0.15, -0.1) is 0 Å². The summed E-state index contributed by atoms with van der Waals surface area (Å²) in [6.45, 7) is 0.480. The monoisotopic (exact) mass is 385 g/mol. The van der Waals surface area contributed by atoms with Crippen LogP contribution in [0.25, 0.3) is 33.5 Å². The van der Waals surface area contributed by atoms with Crippen molar-refractivity contribution < 1.29 is 4.39 Å². The zero-order valence-corrected chi connectivity index (χ0v) is 15.2. The van der Waals surface area contributed by atoms with Crippen molar-refractivity contribution in [3.63, 3.8) is 0 Å². The smallest absolute Gasteiger partial charge is 0.156 e. The van der Waals surface area contributed by atoms with E-state index in [1.807, 2.05) is 24.5 Å². The van der Waals surface area contributed by atoms with Crippen LogP contribution in [0.1, 0.15) is 5.56 Å². The third-order valence-electron chi connectivity index (χ3n) is 4.64. The third kappa shape index (κ3) is 3.31. The zero-order chi connectivity index (χ0) is 19.8. The summed E-state index contributed by atoms with van der Waals surface area (Å²) in [4.78, 5) is 16.4. The Morgan fingerprint density at radius 2 is 2.00 bits per heavy atom. The largest absolute Gasteiger partial charge is 0.384 e. The molecule has 4 heterocycles. The predicted molar refractivity (Wildman–Crippen MR) is 108 cm³/mol. The van der Waals surface area contributed by atoms with E-state index in [1.165, 1.54) is 12.1 Å². The SMILES string of the molecule is Nc1cc(-c2cnc3[nH]cc(-c4cnn(Cc5cccc(F)c5)c4)c3n2)ccn1. The van der Waals surface area contributed by atoms with E-state index in [9.17, 15) is 4.39 Å². The molecule has 5 aromatic rings. The van der Waals surface area contributed by atoms with Gasteiger partial charge in [0.1, 0.15) is 17.2 Å². The molecule has 0 unspecified atom stereocenters. The fourth-order valence-corrected chi connectivity index (χ4v) is 3.27. The Balaban J connectivity index is 1.50. The summed E-state index contributed by atoms with van der Waals surface area (Å²) in [7, 11) is 0. The summed E-state index contributed by atoms with van der Waals surface area (Å²) < 4.78 is 15.2. The van der Waals surface area contributed by atoms with Gasteiger partial charge >= 0.3 is 0 Å². The number of halogens is 1. The molecule has 0 spiro atoms. The van der Waals surface area contributed by atoms with Gasteiger partial charge in [-0.3, -0.25) is 4.68 Å². The summed E-state index contributed by atoms with van der Waals surface area (Å²) in [5.74, 6) is 0.170. The minimum atomic E-state index is -0.258. The maximum absolute atomic E-state index is 13.4. The molecule has 0 amide bonds. The molecule has 8 heteroatoms. The van der Waals surface area contributed by atoms with Crippen LogP contribution in [0.15, 0.2) is 67.4 Å². The molecule has 0 bridgehead atoms. The van der Waals surface area contributed by atoms with Crippen molar-refractivity contribution in [2.45, 2.75) is 6.54 Å². The van der Waals surface area contributed by atoms with Crippen LogP contribution in [-0.2, 0) is 6.54 Å². The molecule has 5 rings (SSSR count). The molecule has 0 saturated carbocycles. The maximum Gasteiger partial charge on any atom is 0.156 e. The first-order valence-corrected chi connectivity index (χ1v) is 8.99. The van der Waals surface area contributed by atoms with Crippen LogP contribution in [0.3, 0.4) is 0 Å². The Morgan fingerprint density at radius 3 is 2.86 bits per heavy atom. The van der Waals surface area contributed by atoms with Gasteiger partial charge in [-0.25, -0.2) is 19.3 Å². The number of benzene rings is 1. The number of nitrogens with one attached hydrogen (secondary N) is 1. The fourth-order valence-electron chi connectivity index (χ4n) is 3.27. The first-order valence-electron chi connectivity index (χ1n) is 8.99. The van der Waals surface area contributed by atoms with Crippen molar-refractivity contribution in [1.82, 2.24) is 29.7 Å². The Morgan fingerprint density at radius 1 is 1.07 bits per heavy atom. The van der Waals surface area contributed by atoms with Gasteiger partial charge in [0, 0.05) is 35.3 Å². The van der Waals surface area contributed by atoms with Crippen LogP contribution in [0, 0.1) is 5.82 Å². The maximum atomic E-state index is 13.4. The summed E-state index contributed by atoms with van der Waals surface area (Å²) in [5, 5.41) is 4.40. The van der Waals surface area contributed by atoms with Gasteiger partial charge in [-0.1, -0.05) is 12.1 Å². The molecule has 0 fully saturated rings. The fraction of sp³-hybridized carbons (Fsp3) is 0.0476. The van der Waals surface area contributed by atoms with E-state index in [1.54, 1.807) is 35.4 Å². The molecule has 0 aliphatic heterocycles. The average Bonchev–Trinajstić information content (AvgIpc) is 3.34. The van der Waals surface area contributed by atoms with Crippen molar-refractivity contribution in [3.8, 4) is 22.4 Å². The van der Waals surface area contributed by atoms with Gasteiger partial charge in [-0.2, -0.15) is 5.10 Å². The lowest BCUT2D eigenvalue weighted by Crippen LogP contribution is -1.99. The second kappa shape index (κ2) is 6.83. The number of aromatic nitrogens is 6. The number of rotatable bonds is 4. The van der Waals surface area contributed by atoms with E-state index in [-0.39, 0.29) is 5.82 Å². The van der Waals surface area contributed by atoms with Crippen LogP contribution in [0.2, 0.25) is 0 Å². The van der Waals surface area contributed by atoms with Gasteiger partial charge in [-0.05, 0) is 29.8 Å². The number of anilines is 1. The highest BCUT2D eigenvalue weighted by atomic mass is 19.1. The van der Waals surface area contributed by atoms with E-state index >= 15 is 0 Å². The molecule has 0 aliphatic carbocycles. The second-order valence-corrected chi connectivity index (χ2v) is 6.68. The van der Waals surface area contributed by atoms with Crippen molar-refractivity contribution >= 4 is 17.0 Å². The van der Waals surface area contributed by atoms with Gasteiger partial charge in [0.2, 0.25) is 0 Å². The van der Waals surface area contributed by atoms with E-state index in [0.717, 1.165) is 27.8 Å². The highest BCUT2D eigenvalue weighted by Gasteiger charge is 2.13. The molecule has 0 saturated heterocycles. The number of pyridine rings is 1. The van der Waals surface area contributed by atoms with Crippen LogP contribution in [0.5, 0.6) is 0 Å². The molecule has 0 radical (unpaired) electrons. The van der Waals surface area contributed by atoms with Crippen LogP contribution >= 0.6 is 0 Å². The van der Waals surface area contributed by atoms with Crippen molar-refractivity contribution in [2.24, 2.45) is 0 Å². The molecular formula is C21H16FN7. The van der Waals surface area contributed by atoms with Crippen LogP contribution < -0.4 is 5.73 Å². The predicted octanol–water partition coefficient (Wildman–Crippen LogP) is 3.65. The zero-order valence-electron chi connectivity index (χ0n) is 15.2. The van der Waals surface area contributed by atoms with Gasteiger partial charge in [0.15, 0.2) is 5.65 Å². The van der Waals surface area contributed by atoms with Crippen molar-refractivity contribution in [3.05, 3.63) is 78.8 Å². The average molecular weight is 385 g/mol. The lowest BCUT2D eigenvalue weighted by molar-refractivity contribution is 0.619. The number of nitrogens with two attached hydrogens (primary N) is 1.